The van der Waals surface area contributed by atoms with Crippen molar-refractivity contribution >= 4 is 11.7 Å². The molecule has 1 aromatic heterocycles. The molecule has 0 spiro atoms. The number of nitrogens with two attached hydrogens (primary N) is 1. The van der Waals surface area contributed by atoms with Gasteiger partial charge in [0, 0.05) is 24.7 Å². The number of carbonyl (C=O) groups is 2. The molecule has 0 radical (unpaired) electrons. The molecule has 0 fully saturated rings. The molecule has 6 heteroatoms. The molecule has 156 valence electrons. The third-order valence-corrected chi connectivity index (χ3v) is 5.05. The lowest BCUT2D eigenvalue weighted by Gasteiger charge is -2.20. The average Bonchev–Trinajstić information content (AvgIpc) is 3.27. The van der Waals surface area contributed by atoms with Crippen molar-refractivity contribution in [3.05, 3.63) is 90.0 Å². The Balaban J connectivity index is 1.60. The first kappa shape index (κ1) is 21.5. The molecule has 6 nitrogen and oxygen atoms in total. The Hall–Kier alpha value is -3.25. The van der Waals surface area contributed by atoms with E-state index in [9.17, 15) is 9.59 Å². The maximum Gasteiger partial charge on any atom is 0.237 e. The highest BCUT2D eigenvalue weighted by molar-refractivity contribution is 5.91. The second-order valence-electron chi connectivity index (χ2n) is 7.44. The standard InChI is InChI=1S/C24H28N4O2/c25-21(15-20-16-26-17-27-20)24(30)28-22(14-19-10-5-2-6-11-19)23(29)13-7-12-18-8-3-1-4-9-18/h1-6,8-11,16-17,21-22H,7,12-15,25H2,(H,26,27)(H,28,30)/t21-,22-/m0/s1. The number of nitrogens with one attached hydrogen (secondary N) is 2. The molecule has 1 heterocycles. The minimum atomic E-state index is -0.749. The van der Waals surface area contributed by atoms with Crippen molar-refractivity contribution in [2.45, 2.75) is 44.2 Å². The number of Topliss-reactive ketones (excluding diaryl/α,β-unsaturated/α-hetero) is 1. The number of aromatic nitrogens is 2. The molecule has 4 N–H and O–H groups in total. The summed E-state index contributed by atoms with van der Waals surface area (Å²) in [5.41, 5.74) is 9.04. The van der Waals surface area contributed by atoms with Crippen LogP contribution >= 0.6 is 0 Å². The highest BCUT2D eigenvalue weighted by atomic mass is 16.2. The van der Waals surface area contributed by atoms with E-state index in [1.165, 1.54) is 5.56 Å². The Kier molecular flexibility index (Phi) is 7.92. The number of hydrogen-bond acceptors (Lipinski definition) is 4. The Morgan fingerprint density at radius 2 is 1.63 bits per heavy atom. The Labute approximate surface area is 176 Å². The third-order valence-electron chi connectivity index (χ3n) is 5.05. The van der Waals surface area contributed by atoms with Gasteiger partial charge in [-0.25, -0.2) is 4.98 Å². The first-order valence-electron chi connectivity index (χ1n) is 10.3. The van der Waals surface area contributed by atoms with Gasteiger partial charge >= 0.3 is 0 Å². The van der Waals surface area contributed by atoms with Gasteiger partial charge in [0.05, 0.1) is 18.4 Å². The van der Waals surface area contributed by atoms with Crippen LogP contribution in [0.5, 0.6) is 0 Å². The minimum Gasteiger partial charge on any atom is -0.348 e. The van der Waals surface area contributed by atoms with Crippen LogP contribution in [0.1, 0.15) is 29.7 Å². The van der Waals surface area contributed by atoms with Crippen LogP contribution in [0.2, 0.25) is 0 Å². The summed E-state index contributed by atoms with van der Waals surface area (Å²) < 4.78 is 0. The maximum atomic E-state index is 12.9. The largest absolute Gasteiger partial charge is 0.348 e. The van der Waals surface area contributed by atoms with E-state index >= 15 is 0 Å². The van der Waals surface area contributed by atoms with E-state index in [1.54, 1.807) is 12.5 Å². The van der Waals surface area contributed by atoms with Crippen LogP contribution in [0.25, 0.3) is 0 Å². The lowest BCUT2D eigenvalue weighted by Crippen LogP contribution is -2.50. The molecule has 1 amide bonds. The van der Waals surface area contributed by atoms with Gasteiger partial charge in [-0.15, -0.1) is 0 Å². The van der Waals surface area contributed by atoms with Crippen LogP contribution in [0.3, 0.4) is 0 Å². The number of rotatable bonds is 11. The lowest BCUT2D eigenvalue weighted by atomic mass is 9.97. The summed E-state index contributed by atoms with van der Waals surface area (Å²) in [5.74, 6) is -0.307. The number of carbonyl (C=O) groups excluding carboxylic acids is 2. The predicted octanol–water partition coefficient (Wildman–Crippen LogP) is 2.60. The van der Waals surface area contributed by atoms with Gasteiger partial charge in [-0.05, 0) is 30.4 Å². The fourth-order valence-corrected chi connectivity index (χ4v) is 3.39. The molecule has 0 saturated carbocycles. The van der Waals surface area contributed by atoms with E-state index < -0.39 is 12.1 Å². The minimum absolute atomic E-state index is 0.0249. The van der Waals surface area contributed by atoms with Crippen molar-refractivity contribution in [2.75, 3.05) is 0 Å². The summed E-state index contributed by atoms with van der Waals surface area (Å²) in [6.45, 7) is 0. The first-order chi connectivity index (χ1) is 14.6. The van der Waals surface area contributed by atoms with Gasteiger partial charge in [0.2, 0.25) is 5.91 Å². The monoisotopic (exact) mass is 404 g/mol. The van der Waals surface area contributed by atoms with E-state index in [0.717, 1.165) is 24.1 Å². The number of H-pyrrole nitrogens is 1. The molecule has 0 unspecified atom stereocenters. The van der Waals surface area contributed by atoms with Gasteiger partial charge in [0.1, 0.15) is 0 Å². The highest BCUT2D eigenvalue weighted by Crippen LogP contribution is 2.10. The van der Waals surface area contributed by atoms with E-state index in [4.69, 9.17) is 5.73 Å². The van der Waals surface area contributed by atoms with E-state index in [2.05, 4.69) is 27.4 Å². The van der Waals surface area contributed by atoms with E-state index in [0.29, 0.717) is 19.3 Å². The van der Waals surface area contributed by atoms with Crippen LogP contribution < -0.4 is 11.1 Å². The summed E-state index contributed by atoms with van der Waals surface area (Å²) in [7, 11) is 0. The molecule has 0 bridgehead atoms. The zero-order valence-electron chi connectivity index (χ0n) is 17.0. The Morgan fingerprint density at radius 1 is 0.967 bits per heavy atom. The summed E-state index contributed by atoms with van der Waals surface area (Å²) in [5, 5.41) is 2.88. The number of ketones is 1. The molecular weight excluding hydrogens is 376 g/mol. The second-order valence-corrected chi connectivity index (χ2v) is 7.44. The van der Waals surface area contributed by atoms with Crippen molar-refractivity contribution < 1.29 is 9.59 Å². The van der Waals surface area contributed by atoms with Crippen molar-refractivity contribution in [3.8, 4) is 0 Å². The van der Waals surface area contributed by atoms with Gasteiger partial charge in [0.25, 0.3) is 0 Å². The number of benzene rings is 2. The van der Waals surface area contributed by atoms with E-state index in [1.807, 2.05) is 48.5 Å². The van der Waals surface area contributed by atoms with Gasteiger partial charge in [-0.3, -0.25) is 9.59 Å². The zero-order chi connectivity index (χ0) is 21.2. The number of nitrogens with zero attached hydrogens (tertiary/aromatic N) is 1. The van der Waals surface area contributed by atoms with Gasteiger partial charge in [-0.1, -0.05) is 60.7 Å². The van der Waals surface area contributed by atoms with Gasteiger partial charge in [0.15, 0.2) is 5.78 Å². The van der Waals surface area contributed by atoms with Crippen LogP contribution in [-0.4, -0.2) is 33.7 Å². The summed E-state index contributed by atoms with van der Waals surface area (Å²) in [6.07, 6.45) is 5.96. The van der Waals surface area contributed by atoms with Crippen molar-refractivity contribution in [3.63, 3.8) is 0 Å². The highest BCUT2D eigenvalue weighted by Gasteiger charge is 2.24. The molecule has 2 aromatic carbocycles. The van der Waals surface area contributed by atoms with Gasteiger partial charge < -0.3 is 16.0 Å². The summed E-state index contributed by atoms with van der Waals surface area (Å²) in [4.78, 5) is 32.5. The molecule has 0 aliphatic carbocycles. The fourth-order valence-electron chi connectivity index (χ4n) is 3.39. The Bertz CT molecular complexity index is 911. The number of hydrogen-bond donors (Lipinski definition) is 3. The molecule has 0 aliphatic heterocycles. The number of aryl methyl sites for hydroxylation is 1. The predicted molar refractivity (Wildman–Crippen MR) is 117 cm³/mol. The number of amides is 1. The van der Waals surface area contributed by atoms with Gasteiger partial charge in [-0.2, -0.15) is 0 Å². The molecule has 3 rings (SSSR count). The fraction of sp³-hybridized carbons (Fsp3) is 0.292. The van der Waals surface area contributed by atoms with Crippen molar-refractivity contribution in [1.29, 1.82) is 0 Å². The summed E-state index contributed by atoms with van der Waals surface area (Å²) in [6, 6.07) is 18.4. The van der Waals surface area contributed by atoms with Crippen LogP contribution in [0.4, 0.5) is 0 Å². The van der Waals surface area contributed by atoms with Crippen LogP contribution in [-0.2, 0) is 28.9 Å². The van der Waals surface area contributed by atoms with Crippen LogP contribution in [0, 0.1) is 0 Å². The molecule has 2 atom stereocenters. The second kappa shape index (κ2) is 11.1. The normalized spacial score (nSPS) is 12.8. The number of aromatic amines is 1. The smallest absolute Gasteiger partial charge is 0.237 e. The zero-order valence-corrected chi connectivity index (χ0v) is 17.0. The molecule has 0 saturated heterocycles. The molecule has 3 aromatic rings. The first-order valence-corrected chi connectivity index (χ1v) is 10.3. The van der Waals surface area contributed by atoms with Crippen molar-refractivity contribution in [2.24, 2.45) is 5.73 Å². The maximum absolute atomic E-state index is 12.9. The molecule has 30 heavy (non-hydrogen) atoms. The third kappa shape index (κ3) is 6.67. The SMILES string of the molecule is N[C@@H](Cc1cnc[nH]1)C(=O)N[C@@H](Cc1ccccc1)C(=O)CCCc1ccccc1. The van der Waals surface area contributed by atoms with E-state index in [-0.39, 0.29) is 11.7 Å². The van der Waals surface area contributed by atoms with Crippen LogP contribution in [0.15, 0.2) is 73.2 Å². The quantitative estimate of drug-likeness (QED) is 0.457. The topological polar surface area (TPSA) is 101 Å². The number of imidazole rings is 1. The van der Waals surface area contributed by atoms with Crippen molar-refractivity contribution in [1.82, 2.24) is 15.3 Å². The summed E-state index contributed by atoms with van der Waals surface area (Å²) >= 11 is 0. The molecule has 0 aliphatic rings. The Morgan fingerprint density at radius 3 is 2.27 bits per heavy atom. The average molecular weight is 405 g/mol. The molecular formula is C24H28N4O2. The lowest BCUT2D eigenvalue weighted by molar-refractivity contribution is -0.128.